The summed E-state index contributed by atoms with van der Waals surface area (Å²) < 4.78 is 5.18. The molecule has 0 bridgehead atoms. The van der Waals surface area contributed by atoms with E-state index in [0.29, 0.717) is 0 Å². The lowest BCUT2D eigenvalue weighted by molar-refractivity contribution is -0.108. The molecule has 0 aliphatic carbocycles. The van der Waals surface area contributed by atoms with Crippen LogP contribution in [0.2, 0.25) is 0 Å². The van der Waals surface area contributed by atoms with Crippen molar-refractivity contribution < 1.29 is 9.53 Å². The average molecular weight is 192 g/mol. The Kier molecular flexibility index (Phi) is 3.69. The molecule has 0 radical (unpaired) electrons. The van der Waals surface area contributed by atoms with Crippen molar-refractivity contribution in [1.82, 2.24) is 0 Å². The Morgan fingerprint density at radius 2 is 2.14 bits per heavy atom. The Morgan fingerprint density at radius 1 is 1.43 bits per heavy atom. The van der Waals surface area contributed by atoms with E-state index in [4.69, 9.17) is 4.74 Å². The lowest BCUT2D eigenvalue weighted by atomic mass is 9.99. The Morgan fingerprint density at radius 3 is 2.64 bits per heavy atom. The molecule has 0 N–H and O–H groups in total. The average Bonchev–Trinajstić information content (AvgIpc) is 2.27. The molecule has 0 fully saturated rings. The van der Waals surface area contributed by atoms with E-state index in [9.17, 15) is 4.79 Å². The van der Waals surface area contributed by atoms with Crippen LogP contribution in [0.5, 0.6) is 5.75 Å². The van der Waals surface area contributed by atoms with Crippen LogP contribution in [0.1, 0.15) is 30.9 Å². The number of hydrogen-bond acceptors (Lipinski definition) is 2. The van der Waals surface area contributed by atoms with Crippen molar-refractivity contribution in [2.45, 2.75) is 26.2 Å². The van der Waals surface area contributed by atoms with Gasteiger partial charge in [0, 0.05) is 5.92 Å². The van der Waals surface area contributed by atoms with Gasteiger partial charge in [-0.05, 0) is 29.7 Å². The molecule has 0 aromatic heterocycles. The molecule has 0 heterocycles. The summed E-state index contributed by atoms with van der Waals surface area (Å²) in [5.74, 6) is 0.767. The normalized spacial score (nSPS) is 12.2. The smallest absolute Gasteiger partial charge is 0.127 e. The summed E-state index contributed by atoms with van der Waals surface area (Å²) in [4.78, 5) is 10.7. The van der Waals surface area contributed by atoms with Crippen LogP contribution in [0, 0.1) is 0 Å². The minimum atomic E-state index is -0.0598. The topological polar surface area (TPSA) is 26.3 Å². The summed E-state index contributed by atoms with van der Waals surface area (Å²) >= 11 is 0. The van der Waals surface area contributed by atoms with E-state index in [-0.39, 0.29) is 5.92 Å². The highest BCUT2D eigenvalue weighted by Gasteiger charge is 2.06. The molecule has 0 aliphatic heterocycles. The molecule has 1 rings (SSSR count). The molecule has 0 amide bonds. The minimum absolute atomic E-state index is 0.0598. The highest BCUT2D eigenvalue weighted by Crippen LogP contribution is 2.22. The van der Waals surface area contributed by atoms with Crippen molar-refractivity contribution in [3.63, 3.8) is 0 Å². The maximum absolute atomic E-state index is 10.7. The Balaban J connectivity index is 3.09. The molecule has 0 aliphatic rings. The number of aldehydes is 1. The van der Waals surface area contributed by atoms with Crippen molar-refractivity contribution in [3.8, 4) is 5.75 Å². The van der Waals surface area contributed by atoms with Gasteiger partial charge in [0.05, 0.1) is 7.11 Å². The summed E-state index contributed by atoms with van der Waals surface area (Å²) in [5, 5.41) is 0. The summed E-state index contributed by atoms with van der Waals surface area (Å²) in [6, 6.07) is 5.97. The third-order valence-electron chi connectivity index (χ3n) is 2.36. The number of benzene rings is 1. The van der Waals surface area contributed by atoms with E-state index in [1.165, 1.54) is 5.56 Å². The number of aryl methyl sites for hydroxylation is 1. The van der Waals surface area contributed by atoms with Gasteiger partial charge in [-0.15, -0.1) is 0 Å². The highest BCUT2D eigenvalue weighted by molar-refractivity contribution is 5.62. The second kappa shape index (κ2) is 4.80. The predicted octanol–water partition coefficient (Wildman–Crippen LogP) is 2.56. The molecule has 14 heavy (non-hydrogen) atoms. The van der Waals surface area contributed by atoms with Crippen molar-refractivity contribution >= 4 is 6.29 Å². The van der Waals surface area contributed by atoms with E-state index in [1.807, 2.05) is 19.1 Å². The number of ether oxygens (including phenoxy) is 1. The van der Waals surface area contributed by atoms with Gasteiger partial charge in [-0.25, -0.2) is 0 Å². The van der Waals surface area contributed by atoms with Crippen LogP contribution in [0.15, 0.2) is 18.2 Å². The van der Waals surface area contributed by atoms with Crippen LogP contribution in [0.25, 0.3) is 0 Å². The van der Waals surface area contributed by atoms with Gasteiger partial charge < -0.3 is 9.53 Å². The Labute approximate surface area is 84.9 Å². The Hall–Kier alpha value is -1.31. The summed E-state index contributed by atoms with van der Waals surface area (Å²) in [6.07, 6.45) is 1.91. The molecule has 0 saturated heterocycles. The number of carbonyl (C=O) groups excluding carboxylic acids is 1. The number of hydrogen-bond donors (Lipinski definition) is 0. The van der Waals surface area contributed by atoms with Gasteiger partial charge in [0.1, 0.15) is 12.0 Å². The lowest BCUT2D eigenvalue weighted by Crippen LogP contribution is -1.97. The van der Waals surface area contributed by atoms with Crippen LogP contribution in [-0.4, -0.2) is 13.4 Å². The van der Waals surface area contributed by atoms with Gasteiger partial charge >= 0.3 is 0 Å². The molecule has 2 heteroatoms. The third-order valence-corrected chi connectivity index (χ3v) is 2.36. The van der Waals surface area contributed by atoms with Gasteiger partial charge in [0.25, 0.3) is 0 Å². The van der Waals surface area contributed by atoms with E-state index in [0.717, 1.165) is 24.0 Å². The number of carbonyl (C=O) groups is 1. The van der Waals surface area contributed by atoms with Crippen molar-refractivity contribution in [2.75, 3.05) is 7.11 Å². The molecule has 1 aromatic rings. The Bertz CT molecular complexity index is 296. The minimum Gasteiger partial charge on any atom is -0.497 e. The quantitative estimate of drug-likeness (QED) is 0.685. The molecule has 0 saturated carbocycles. The maximum atomic E-state index is 10.7. The predicted molar refractivity (Wildman–Crippen MR) is 56.9 cm³/mol. The van der Waals surface area contributed by atoms with Crippen LogP contribution >= 0.6 is 0 Å². The van der Waals surface area contributed by atoms with Crippen LogP contribution in [0.4, 0.5) is 0 Å². The molecule has 76 valence electrons. The summed E-state index contributed by atoms with van der Waals surface area (Å²) in [5.41, 5.74) is 2.23. The first kappa shape index (κ1) is 10.8. The van der Waals surface area contributed by atoms with Gasteiger partial charge in [-0.3, -0.25) is 0 Å². The largest absolute Gasteiger partial charge is 0.497 e. The van der Waals surface area contributed by atoms with Crippen molar-refractivity contribution in [1.29, 1.82) is 0 Å². The van der Waals surface area contributed by atoms with Gasteiger partial charge in [0.2, 0.25) is 0 Å². The lowest BCUT2D eigenvalue weighted by Gasteiger charge is -2.09. The fourth-order valence-corrected chi connectivity index (χ4v) is 1.35. The first-order chi connectivity index (χ1) is 6.71. The SMILES string of the molecule is CCc1cc(OC)cc(C(C)C=O)c1. The molecule has 1 aromatic carbocycles. The molecular weight excluding hydrogens is 176 g/mol. The molecule has 1 atom stereocenters. The van der Waals surface area contributed by atoms with Crippen molar-refractivity contribution in [3.05, 3.63) is 29.3 Å². The molecule has 1 unspecified atom stereocenters. The van der Waals surface area contributed by atoms with Crippen LogP contribution < -0.4 is 4.74 Å². The standard InChI is InChI=1S/C12H16O2/c1-4-10-5-11(9(2)8-13)7-12(6-10)14-3/h5-9H,4H2,1-3H3. The fraction of sp³-hybridized carbons (Fsp3) is 0.417. The monoisotopic (exact) mass is 192 g/mol. The second-order valence-corrected chi connectivity index (χ2v) is 3.39. The zero-order chi connectivity index (χ0) is 10.6. The fourth-order valence-electron chi connectivity index (χ4n) is 1.35. The number of methoxy groups -OCH3 is 1. The molecule has 2 nitrogen and oxygen atoms in total. The molecular formula is C12H16O2. The van der Waals surface area contributed by atoms with Gasteiger partial charge in [0.15, 0.2) is 0 Å². The zero-order valence-electron chi connectivity index (χ0n) is 8.91. The van der Waals surface area contributed by atoms with Crippen molar-refractivity contribution in [2.24, 2.45) is 0 Å². The first-order valence-electron chi connectivity index (χ1n) is 4.84. The summed E-state index contributed by atoms with van der Waals surface area (Å²) in [7, 11) is 1.64. The number of rotatable bonds is 4. The van der Waals surface area contributed by atoms with E-state index < -0.39 is 0 Å². The maximum Gasteiger partial charge on any atom is 0.127 e. The summed E-state index contributed by atoms with van der Waals surface area (Å²) in [6.45, 7) is 3.98. The second-order valence-electron chi connectivity index (χ2n) is 3.39. The first-order valence-corrected chi connectivity index (χ1v) is 4.84. The van der Waals surface area contributed by atoms with Crippen LogP contribution in [-0.2, 0) is 11.2 Å². The van der Waals surface area contributed by atoms with Crippen LogP contribution in [0.3, 0.4) is 0 Å². The van der Waals surface area contributed by atoms with E-state index in [1.54, 1.807) is 7.11 Å². The third kappa shape index (κ3) is 2.34. The van der Waals surface area contributed by atoms with E-state index >= 15 is 0 Å². The highest BCUT2D eigenvalue weighted by atomic mass is 16.5. The molecule has 0 spiro atoms. The van der Waals surface area contributed by atoms with Gasteiger partial charge in [-0.1, -0.05) is 19.9 Å². The van der Waals surface area contributed by atoms with E-state index in [2.05, 4.69) is 13.0 Å². The van der Waals surface area contributed by atoms with Gasteiger partial charge in [-0.2, -0.15) is 0 Å². The zero-order valence-corrected chi connectivity index (χ0v) is 8.91.